The first kappa shape index (κ1) is 16.4. The zero-order valence-electron chi connectivity index (χ0n) is 12.1. The van der Waals surface area contributed by atoms with Crippen LogP contribution in [0, 0.1) is 11.6 Å². The Labute approximate surface area is 131 Å². The van der Waals surface area contributed by atoms with E-state index in [4.69, 9.17) is 4.74 Å². The van der Waals surface area contributed by atoms with Gasteiger partial charge < -0.3 is 9.47 Å². The molecule has 2 aromatic carbocycles. The van der Waals surface area contributed by atoms with E-state index in [9.17, 15) is 18.4 Å². The number of esters is 1. The van der Waals surface area contributed by atoms with Crippen LogP contribution in [-0.4, -0.2) is 12.4 Å². The number of halogens is 2. The van der Waals surface area contributed by atoms with Gasteiger partial charge in [-0.3, -0.25) is 4.79 Å². The van der Waals surface area contributed by atoms with Gasteiger partial charge in [0.2, 0.25) is 5.82 Å². The Hall–Kier alpha value is -3.02. The minimum absolute atomic E-state index is 0.0183. The van der Waals surface area contributed by atoms with E-state index in [2.05, 4.69) is 11.3 Å². The third-order valence-electron chi connectivity index (χ3n) is 2.95. The van der Waals surface area contributed by atoms with Gasteiger partial charge in [0, 0.05) is 11.1 Å². The molecule has 0 aliphatic heterocycles. The molecule has 0 N–H and O–H groups in total. The normalized spacial score (nSPS) is 10.0. The van der Waals surface area contributed by atoms with Gasteiger partial charge in [-0.1, -0.05) is 18.7 Å². The quantitative estimate of drug-likeness (QED) is 0.365. The van der Waals surface area contributed by atoms with Crippen molar-refractivity contribution in [2.45, 2.75) is 6.92 Å². The average molecular weight is 318 g/mol. The van der Waals surface area contributed by atoms with Gasteiger partial charge in [0.15, 0.2) is 11.6 Å². The first-order chi connectivity index (χ1) is 10.9. The topological polar surface area (TPSA) is 52.6 Å². The molecule has 0 radical (unpaired) electrons. The Morgan fingerprint density at radius 2 is 1.74 bits per heavy atom. The highest BCUT2D eigenvalue weighted by Crippen LogP contribution is 2.31. The van der Waals surface area contributed by atoms with Gasteiger partial charge in [0.05, 0.1) is 0 Å². The summed E-state index contributed by atoms with van der Waals surface area (Å²) >= 11 is 0. The van der Waals surface area contributed by atoms with Crippen molar-refractivity contribution in [1.82, 2.24) is 0 Å². The van der Waals surface area contributed by atoms with E-state index < -0.39 is 23.4 Å². The van der Waals surface area contributed by atoms with Gasteiger partial charge in [-0.25, -0.2) is 9.18 Å². The molecule has 0 aliphatic rings. The Bertz CT molecular complexity index is 767. The maximum Gasteiger partial charge on any atom is 0.338 e. The lowest BCUT2D eigenvalue weighted by molar-refractivity contribution is -0.130. The van der Waals surface area contributed by atoms with E-state index in [0.717, 1.165) is 6.07 Å². The lowest BCUT2D eigenvalue weighted by atomic mass is 10.0. The van der Waals surface area contributed by atoms with E-state index in [0.29, 0.717) is 5.56 Å². The summed E-state index contributed by atoms with van der Waals surface area (Å²) in [6, 6.07) is 8.26. The molecule has 6 heteroatoms. The minimum Gasteiger partial charge on any atom is -0.429 e. The molecule has 0 atom stereocenters. The molecule has 0 aromatic heterocycles. The molecule has 2 aromatic rings. The van der Waals surface area contributed by atoms with Crippen molar-refractivity contribution in [2.75, 3.05) is 0 Å². The van der Waals surface area contributed by atoms with Crippen molar-refractivity contribution >= 4 is 12.4 Å². The second-order valence-corrected chi connectivity index (χ2v) is 4.65. The van der Waals surface area contributed by atoms with Crippen LogP contribution < -0.4 is 9.47 Å². The molecule has 23 heavy (non-hydrogen) atoms. The third kappa shape index (κ3) is 3.60. The zero-order chi connectivity index (χ0) is 17.0. The van der Waals surface area contributed by atoms with E-state index in [1.54, 1.807) is 0 Å². The summed E-state index contributed by atoms with van der Waals surface area (Å²) in [6.45, 7) is 5.03. The highest BCUT2D eigenvalue weighted by molar-refractivity contribution is 5.88. The van der Waals surface area contributed by atoms with Gasteiger partial charge in [-0.15, -0.1) is 0 Å². The summed E-state index contributed by atoms with van der Waals surface area (Å²) in [7, 11) is 0. The SMILES string of the molecule is C=C(C)C(=O)Oc1ccc(-c2ccc(OC=O)cc2)c(F)c1F. The fourth-order valence-electron chi connectivity index (χ4n) is 1.79. The minimum atomic E-state index is -1.27. The number of carbonyl (C=O) groups excluding carboxylic acids is 2. The Morgan fingerprint density at radius 1 is 1.09 bits per heavy atom. The molecule has 0 saturated carbocycles. The van der Waals surface area contributed by atoms with Crippen molar-refractivity contribution < 1.29 is 27.8 Å². The Balaban J connectivity index is 2.34. The van der Waals surface area contributed by atoms with E-state index in [-0.39, 0.29) is 23.4 Å². The summed E-state index contributed by atoms with van der Waals surface area (Å²) in [5, 5.41) is 0. The van der Waals surface area contributed by atoms with Crippen LogP contribution in [-0.2, 0) is 9.59 Å². The number of hydrogen-bond acceptors (Lipinski definition) is 4. The van der Waals surface area contributed by atoms with Crippen LogP contribution in [0.3, 0.4) is 0 Å². The van der Waals surface area contributed by atoms with Crippen molar-refractivity contribution in [3.8, 4) is 22.6 Å². The van der Waals surface area contributed by atoms with Crippen LogP contribution >= 0.6 is 0 Å². The van der Waals surface area contributed by atoms with Crippen molar-refractivity contribution in [3.05, 3.63) is 60.2 Å². The smallest absolute Gasteiger partial charge is 0.338 e. The highest BCUT2D eigenvalue weighted by Gasteiger charge is 2.18. The monoisotopic (exact) mass is 318 g/mol. The lowest BCUT2D eigenvalue weighted by Crippen LogP contribution is -2.10. The number of hydrogen-bond donors (Lipinski definition) is 0. The summed E-state index contributed by atoms with van der Waals surface area (Å²) in [4.78, 5) is 21.6. The molecule has 0 bridgehead atoms. The molecule has 0 aliphatic carbocycles. The summed E-state index contributed by atoms with van der Waals surface area (Å²) in [5.74, 6) is -3.50. The number of carbonyl (C=O) groups is 2. The molecule has 0 amide bonds. The second-order valence-electron chi connectivity index (χ2n) is 4.65. The molecule has 0 saturated heterocycles. The first-order valence-electron chi connectivity index (χ1n) is 6.50. The molecular formula is C17H12F2O4. The predicted molar refractivity (Wildman–Crippen MR) is 78.9 cm³/mol. The van der Waals surface area contributed by atoms with Crippen LogP contribution in [0.25, 0.3) is 11.1 Å². The van der Waals surface area contributed by atoms with Gasteiger partial charge in [-0.05, 0) is 36.8 Å². The molecule has 0 heterocycles. The summed E-state index contributed by atoms with van der Waals surface area (Å²) in [5.41, 5.74) is 0.423. The zero-order valence-corrected chi connectivity index (χ0v) is 12.1. The highest BCUT2D eigenvalue weighted by atomic mass is 19.2. The Kier molecular flexibility index (Phi) is 4.85. The van der Waals surface area contributed by atoms with Gasteiger partial charge in [0.25, 0.3) is 6.47 Å². The molecular weight excluding hydrogens is 306 g/mol. The van der Waals surface area contributed by atoms with Crippen molar-refractivity contribution in [3.63, 3.8) is 0 Å². The van der Waals surface area contributed by atoms with Crippen molar-refractivity contribution in [1.29, 1.82) is 0 Å². The number of ether oxygens (including phenoxy) is 2. The van der Waals surface area contributed by atoms with Gasteiger partial charge in [0.1, 0.15) is 5.75 Å². The maximum absolute atomic E-state index is 14.2. The van der Waals surface area contributed by atoms with Crippen LogP contribution in [0.4, 0.5) is 8.78 Å². The van der Waals surface area contributed by atoms with Crippen LogP contribution in [0.15, 0.2) is 48.6 Å². The van der Waals surface area contributed by atoms with Crippen LogP contribution in [0.2, 0.25) is 0 Å². The number of rotatable bonds is 5. The third-order valence-corrected chi connectivity index (χ3v) is 2.95. The van der Waals surface area contributed by atoms with Crippen LogP contribution in [0.5, 0.6) is 11.5 Å². The van der Waals surface area contributed by atoms with E-state index >= 15 is 0 Å². The molecule has 0 fully saturated rings. The number of benzene rings is 2. The molecule has 4 nitrogen and oxygen atoms in total. The standard InChI is InChI=1S/C17H12F2O4/c1-10(2)17(21)23-14-8-7-13(15(18)16(14)19)11-3-5-12(6-4-11)22-9-20/h3-9H,1H2,2H3. The van der Waals surface area contributed by atoms with Gasteiger partial charge >= 0.3 is 5.97 Å². The lowest BCUT2D eigenvalue weighted by Gasteiger charge is -2.09. The van der Waals surface area contributed by atoms with E-state index in [1.165, 1.54) is 37.3 Å². The van der Waals surface area contributed by atoms with E-state index in [1.807, 2.05) is 0 Å². The maximum atomic E-state index is 14.2. The van der Waals surface area contributed by atoms with Crippen LogP contribution in [0.1, 0.15) is 6.92 Å². The average Bonchev–Trinajstić information content (AvgIpc) is 2.53. The first-order valence-corrected chi connectivity index (χ1v) is 6.50. The molecule has 0 spiro atoms. The fourth-order valence-corrected chi connectivity index (χ4v) is 1.79. The van der Waals surface area contributed by atoms with Gasteiger partial charge in [-0.2, -0.15) is 4.39 Å². The molecule has 118 valence electrons. The summed E-state index contributed by atoms with van der Waals surface area (Å²) < 4.78 is 37.5. The molecule has 2 rings (SSSR count). The summed E-state index contributed by atoms with van der Waals surface area (Å²) in [6.07, 6.45) is 0. The molecule has 0 unspecified atom stereocenters. The predicted octanol–water partition coefficient (Wildman–Crippen LogP) is 3.65. The Morgan fingerprint density at radius 3 is 2.30 bits per heavy atom. The van der Waals surface area contributed by atoms with Crippen molar-refractivity contribution in [2.24, 2.45) is 0 Å². The second kappa shape index (κ2) is 6.83. The largest absolute Gasteiger partial charge is 0.429 e. The fraction of sp³-hybridized carbons (Fsp3) is 0.0588.